The maximum absolute atomic E-state index is 11.2. The van der Waals surface area contributed by atoms with Crippen LogP contribution in [0.15, 0.2) is 46.9 Å². The number of rotatable bonds is 5. The minimum absolute atomic E-state index is 0.0449. The van der Waals surface area contributed by atoms with E-state index in [0.717, 1.165) is 5.56 Å². The molecular formula is C13H11N3O3S2. The van der Waals surface area contributed by atoms with Crippen LogP contribution in [0.2, 0.25) is 0 Å². The molecule has 3 aromatic rings. The lowest BCUT2D eigenvalue weighted by Crippen LogP contribution is -2.01. The third-order valence-corrected chi connectivity index (χ3v) is 4.73. The second-order valence-corrected chi connectivity index (χ2v) is 6.17. The van der Waals surface area contributed by atoms with Gasteiger partial charge in [0.15, 0.2) is 5.03 Å². The van der Waals surface area contributed by atoms with Gasteiger partial charge in [0.2, 0.25) is 0 Å². The highest BCUT2D eigenvalue weighted by molar-refractivity contribution is 7.99. The fraction of sp³-hybridized carbons (Fsp3) is 0.154. The molecule has 0 fully saturated rings. The zero-order chi connectivity index (χ0) is 14.8. The third kappa shape index (κ3) is 2.78. The molecule has 21 heavy (non-hydrogen) atoms. The van der Waals surface area contributed by atoms with Crippen LogP contribution in [0.4, 0.5) is 5.82 Å². The molecule has 6 nitrogen and oxygen atoms in total. The van der Waals surface area contributed by atoms with E-state index in [4.69, 9.17) is 0 Å². The highest BCUT2D eigenvalue weighted by Crippen LogP contribution is 2.33. The number of thiazole rings is 1. The molecule has 8 heteroatoms. The van der Waals surface area contributed by atoms with Crippen molar-refractivity contribution >= 4 is 33.9 Å². The van der Waals surface area contributed by atoms with Gasteiger partial charge in [-0.3, -0.25) is 0 Å². The predicted molar refractivity (Wildman–Crippen MR) is 81.8 cm³/mol. The summed E-state index contributed by atoms with van der Waals surface area (Å²) in [5, 5.41) is 23.4. The van der Waals surface area contributed by atoms with Crippen LogP contribution in [0.1, 0.15) is 11.7 Å². The smallest absolute Gasteiger partial charge is 0.362 e. The Labute approximate surface area is 128 Å². The first-order valence-electron chi connectivity index (χ1n) is 6.12. The van der Waals surface area contributed by atoms with Gasteiger partial charge in [-0.1, -0.05) is 53.4 Å². The SMILES string of the molecule is O=[N+]([O-])c1c(SC[C@@H](O)c2ccccc2)nc2sccn12. The number of nitro groups is 1. The van der Waals surface area contributed by atoms with Gasteiger partial charge in [-0.15, -0.1) is 0 Å². The van der Waals surface area contributed by atoms with E-state index < -0.39 is 11.0 Å². The summed E-state index contributed by atoms with van der Waals surface area (Å²) < 4.78 is 1.46. The highest BCUT2D eigenvalue weighted by atomic mass is 32.2. The maximum Gasteiger partial charge on any atom is 0.362 e. The summed E-state index contributed by atoms with van der Waals surface area (Å²) in [6.45, 7) is 0. The Morgan fingerprint density at radius 3 is 2.90 bits per heavy atom. The number of nitrogens with zero attached hydrogens (tertiary/aromatic N) is 3. The average molecular weight is 321 g/mol. The first-order chi connectivity index (χ1) is 10.2. The second kappa shape index (κ2) is 5.84. The highest BCUT2D eigenvalue weighted by Gasteiger charge is 2.24. The number of thioether (sulfide) groups is 1. The molecule has 2 aromatic heterocycles. The molecule has 0 aliphatic rings. The van der Waals surface area contributed by atoms with Crippen molar-refractivity contribution in [1.29, 1.82) is 0 Å². The van der Waals surface area contributed by atoms with E-state index >= 15 is 0 Å². The van der Waals surface area contributed by atoms with Crippen molar-refractivity contribution < 1.29 is 10.0 Å². The molecule has 0 unspecified atom stereocenters. The molecule has 0 amide bonds. The van der Waals surface area contributed by atoms with Crippen molar-refractivity contribution in [3.63, 3.8) is 0 Å². The molecule has 0 aliphatic heterocycles. The van der Waals surface area contributed by atoms with Crippen molar-refractivity contribution in [3.8, 4) is 0 Å². The van der Waals surface area contributed by atoms with E-state index in [1.54, 1.807) is 11.6 Å². The molecule has 2 heterocycles. The Morgan fingerprint density at radius 2 is 2.19 bits per heavy atom. The third-order valence-electron chi connectivity index (χ3n) is 2.94. The molecule has 0 bridgehead atoms. The van der Waals surface area contributed by atoms with Crippen molar-refractivity contribution in [1.82, 2.24) is 9.38 Å². The molecule has 0 radical (unpaired) electrons. The predicted octanol–water partition coefficient (Wildman–Crippen LogP) is 3.13. The van der Waals surface area contributed by atoms with Gasteiger partial charge in [-0.25, -0.2) is 0 Å². The molecule has 0 aliphatic carbocycles. The summed E-state index contributed by atoms with van der Waals surface area (Å²) in [5.41, 5.74) is 0.786. The zero-order valence-corrected chi connectivity index (χ0v) is 12.4. The second-order valence-electron chi connectivity index (χ2n) is 4.29. The monoisotopic (exact) mass is 321 g/mol. The lowest BCUT2D eigenvalue weighted by atomic mass is 10.1. The number of aromatic nitrogens is 2. The van der Waals surface area contributed by atoms with Gasteiger partial charge in [-0.05, 0) is 10.5 Å². The average Bonchev–Trinajstić information content (AvgIpc) is 3.05. The summed E-state index contributed by atoms with van der Waals surface area (Å²) in [4.78, 5) is 15.6. The number of benzene rings is 1. The van der Waals surface area contributed by atoms with Gasteiger partial charge < -0.3 is 15.2 Å². The van der Waals surface area contributed by atoms with E-state index in [0.29, 0.717) is 15.7 Å². The van der Waals surface area contributed by atoms with Crippen molar-refractivity contribution in [2.75, 3.05) is 5.75 Å². The molecule has 1 aromatic carbocycles. The zero-order valence-electron chi connectivity index (χ0n) is 10.7. The number of aliphatic hydroxyl groups is 1. The molecular weight excluding hydrogens is 310 g/mol. The first-order valence-corrected chi connectivity index (χ1v) is 7.99. The largest absolute Gasteiger partial charge is 0.388 e. The maximum atomic E-state index is 11.2. The van der Waals surface area contributed by atoms with E-state index in [9.17, 15) is 15.2 Å². The Kier molecular flexibility index (Phi) is 3.91. The Balaban J connectivity index is 1.80. The lowest BCUT2D eigenvalue weighted by Gasteiger charge is -2.09. The van der Waals surface area contributed by atoms with Crippen molar-refractivity contribution in [3.05, 3.63) is 57.6 Å². The van der Waals surface area contributed by atoms with Crippen LogP contribution in [0, 0.1) is 10.1 Å². The summed E-state index contributed by atoms with van der Waals surface area (Å²) in [7, 11) is 0. The summed E-state index contributed by atoms with van der Waals surface area (Å²) in [5.74, 6) is 0.270. The molecule has 0 spiro atoms. The Hall–Kier alpha value is -1.90. The van der Waals surface area contributed by atoms with E-state index in [2.05, 4.69) is 4.98 Å². The molecule has 3 rings (SSSR count). The van der Waals surface area contributed by atoms with Gasteiger partial charge in [0, 0.05) is 11.1 Å². The quantitative estimate of drug-likeness (QED) is 0.443. The minimum Gasteiger partial charge on any atom is -0.388 e. The topological polar surface area (TPSA) is 80.7 Å². The van der Waals surface area contributed by atoms with Crippen LogP contribution in [-0.2, 0) is 0 Å². The fourth-order valence-electron chi connectivity index (χ4n) is 1.95. The van der Waals surface area contributed by atoms with Crippen LogP contribution in [-0.4, -0.2) is 25.2 Å². The Morgan fingerprint density at radius 1 is 1.43 bits per heavy atom. The number of hydrogen-bond donors (Lipinski definition) is 1. The lowest BCUT2D eigenvalue weighted by molar-refractivity contribution is -0.393. The van der Waals surface area contributed by atoms with Gasteiger partial charge in [0.25, 0.3) is 4.96 Å². The van der Waals surface area contributed by atoms with Crippen LogP contribution in [0.5, 0.6) is 0 Å². The number of hydrogen-bond acceptors (Lipinski definition) is 6. The summed E-state index contributed by atoms with van der Waals surface area (Å²) in [6.07, 6.45) is 0.943. The van der Waals surface area contributed by atoms with Crippen LogP contribution >= 0.6 is 23.1 Å². The van der Waals surface area contributed by atoms with Gasteiger partial charge >= 0.3 is 5.82 Å². The van der Waals surface area contributed by atoms with Crippen molar-refractivity contribution in [2.45, 2.75) is 11.1 Å². The van der Waals surface area contributed by atoms with Gasteiger partial charge in [0.05, 0.1) is 6.10 Å². The van der Waals surface area contributed by atoms with E-state index in [1.807, 2.05) is 30.3 Å². The molecule has 108 valence electrons. The van der Waals surface area contributed by atoms with E-state index in [1.165, 1.54) is 27.5 Å². The Bertz CT molecular complexity index is 769. The van der Waals surface area contributed by atoms with Crippen LogP contribution in [0.25, 0.3) is 4.96 Å². The van der Waals surface area contributed by atoms with Gasteiger partial charge in [0.1, 0.15) is 6.20 Å². The summed E-state index contributed by atoms with van der Waals surface area (Å²) in [6, 6.07) is 9.21. The van der Waals surface area contributed by atoms with Crippen LogP contribution in [0.3, 0.4) is 0 Å². The summed E-state index contributed by atoms with van der Waals surface area (Å²) >= 11 is 2.53. The van der Waals surface area contributed by atoms with Gasteiger partial charge in [-0.2, -0.15) is 9.38 Å². The molecule has 0 saturated heterocycles. The van der Waals surface area contributed by atoms with Crippen LogP contribution < -0.4 is 0 Å². The minimum atomic E-state index is -0.685. The molecule has 0 saturated carbocycles. The first kappa shape index (κ1) is 14.1. The standard InChI is InChI=1S/C13H11N3O3S2/c17-10(9-4-2-1-3-5-9)8-21-11-12(16(18)19)15-6-7-20-13(15)14-11/h1-7,10,17H,8H2/t10-/m1/s1. The number of fused-ring (bicyclic) bond motifs is 1. The molecule has 1 atom stereocenters. The number of imidazole rings is 1. The number of aliphatic hydroxyl groups excluding tert-OH is 1. The van der Waals surface area contributed by atoms with Crippen molar-refractivity contribution in [2.24, 2.45) is 0 Å². The fourth-order valence-corrected chi connectivity index (χ4v) is 3.67. The normalized spacial score (nSPS) is 12.6. The molecule has 1 N–H and O–H groups in total. The van der Waals surface area contributed by atoms with E-state index in [-0.39, 0.29) is 5.82 Å².